The fourth-order valence-electron chi connectivity index (χ4n) is 1.42. The Hall–Kier alpha value is -1.71. The first kappa shape index (κ1) is 14.4. The van der Waals surface area contributed by atoms with Crippen LogP contribution in [0.4, 0.5) is 0 Å². The molecule has 0 spiro atoms. The Bertz CT molecular complexity index is 396. The second-order valence-electron chi connectivity index (χ2n) is 4.99. The molecule has 0 atom stereocenters. The maximum Gasteiger partial charge on any atom is 0.258 e. The zero-order chi connectivity index (χ0) is 13.6. The second kappa shape index (κ2) is 6.28. The van der Waals surface area contributed by atoms with Gasteiger partial charge in [0.1, 0.15) is 11.5 Å². The third-order valence-corrected chi connectivity index (χ3v) is 2.00. The summed E-state index contributed by atoms with van der Waals surface area (Å²) in [4.78, 5) is 11.6. The lowest BCUT2D eigenvalue weighted by molar-refractivity contribution is -0.124. The number of carbonyl (C=O) groups excluding carboxylic acids is 1. The molecule has 1 aromatic carbocycles. The Labute approximate surface area is 108 Å². The van der Waals surface area contributed by atoms with Gasteiger partial charge in [0.05, 0.1) is 6.61 Å². The van der Waals surface area contributed by atoms with Crippen molar-refractivity contribution in [2.75, 3.05) is 13.2 Å². The number of hydrogen-bond acceptors (Lipinski definition) is 3. The molecule has 100 valence electrons. The molecule has 1 N–H and O–H groups in total. The van der Waals surface area contributed by atoms with E-state index in [-0.39, 0.29) is 18.1 Å². The van der Waals surface area contributed by atoms with Crippen molar-refractivity contribution in [2.45, 2.75) is 33.2 Å². The van der Waals surface area contributed by atoms with Gasteiger partial charge in [-0.2, -0.15) is 0 Å². The van der Waals surface area contributed by atoms with Crippen molar-refractivity contribution in [1.29, 1.82) is 0 Å². The van der Waals surface area contributed by atoms with Gasteiger partial charge in [0.2, 0.25) is 0 Å². The van der Waals surface area contributed by atoms with Gasteiger partial charge < -0.3 is 14.8 Å². The van der Waals surface area contributed by atoms with E-state index in [2.05, 4.69) is 5.32 Å². The van der Waals surface area contributed by atoms with E-state index in [0.717, 1.165) is 5.75 Å². The van der Waals surface area contributed by atoms with E-state index < -0.39 is 0 Å². The van der Waals surface area contributed by atoms with E-state index in [4.69, 9.17) is 9.47 Å². The molecule has 0 aromatic heterocycles. The topological polar surface area (TPSA) is 47.6 Å². The highest BCUT2D eigenvalue weighted by molar-refractivity contribution is 5.78. The summed E-state index contributed by atoms with van der Waals surface area (Å²) in [5.74, 6) is 1.24. The highest BCUT2D eigenvalue weighted by atomic mass is 16.5. The van der Waals surface area contributed by atoms with Gasteiger partial charge in [-0.3, -0.25) is 4.79 Å². The first-order valence-corrected chi connectivity index (χ1v) is 6.07. The van der Waals surface area contributed by atoms with E-state index in [1.54, 1.807) is 12.1 Å². The monoisotopic (exact) mass is 251 g/mol. The zero-order valence-corrected chi connectivity index (χ0v) is 11.4. The van der Waals surface area contributed by atoms with Crippen LogP contribution in [-0.4, -0.2) is 24.7 Å². The first-order chi connectivity index (χ1) is 8.40. The number of benzene rings is 1. The molecule has 0 aliphatic carbocycles. The van der Waals surface area contributed by atoms with Gasteiger partial charge >= 0.3 is 0 Å². The van der Waals surface area contributed by atoms with E-state index in [1.807, 2.05) is 39.8 Å². The molecule has 1 aromatic rings. The molecule has 4 nitrogen and oxygen atoms in total. The van der Waals surface area contributed by atoms with Crippen LogP contribution in [0.3, 0.4) is 0 Å². The number of rotatable bonds is 5. The molecule has 0 aliphatic rings. The molecule has 0 bridgehead atoms. The minimum absolute atomic E-state index is 0.00679. The summed E-state index contributed by atoms with van der Waals surface area (Å²) in [6.07, 6.45) is 0. The van der Waals surface area contributed by atoms with Crippen molar-refractivity contribution >= 4 is 5.91 Å². The van der Waals surface area contributed by atoms with Crippen LogP contribution >= 0.6 is 0 Å². The summed E-state index contributed by atoms with van der Waals surface area (Å²) in [7, 11) is 0. The molecule has 0 unspecified atom stereocenters. The normalized spacial score (nSPS) is 10.9. The Morgan fingerprint density at radius 1 is 1.22 bits per heavy atom. The van der Waals surface area contributed by atoms with Gasteiger partial charge in [0.25, 0.3) is 5.91 Å². The summed E-state index contributed by atoms with van der Waals surface area (Å²) in [6, 6.07) is 7.26. The summed E-state index contributed by atoms with van der Waals surface area (Å²) < 4.78 is 10.8. The van der Waals surface area contributed by atoms with Crippen LogP contribution in [0.25, 0.3) is 0 Å². The Balaban J connectivity index is 2.48. The van der Waals surface area contributed by atoms with Gasteiger partial charge in [0.15, 0.2) is 6.61 Å². The number of amides is 1. The van der Waals surface area contributed by atoms with Crippen LogP contribution in [-0.2, 0) is 4.79 Å². The van der Waals surface area contributed by atoms with Crippen molar-refractivity contribution in [3.05, 3.63) is 24.3 Å². The Morgan fingerprint density at radius 3 is 2.39 bits per heavy atom. The lowest BCUT2D eigenvalue weighted by Crippen LogP contribution is -2.43. The summed E-state index contributed by atoms with van der Waals surface area (Å²) in [5.41, 5.74) is -0.242. The molecular formula is C14H21NO3. The van der Waals surface area contributed by atoms with Crippen molar-refractivity contribution in [2.24, 2.45) is 0 Å². The van der Waals surface area contributed by atoms with Gasteiger partial charge in [-0.15, -0.1) is 0 Å². The zero-order valence-electron chi connectivity index (χ0n) is 11.4. The molecule has 4 heteroatoms. The molecule has 0 heterocycles. The molecule has 0 radical (unpaired) electrons. The minimum Gasteiger partial charge on any atom is -0.494 e. The average Bonchev–Trinajstić information content (AvgIpc) is 2.25. The van der Waals surface area contributed by atoms with Gasteiger partial charge in [-0.25, -0.2) is 0 Å². The molecule has 1 rings (SSSR count). The van der Waals surface area contributed by atoms with Gasteiger partial charge in [-0.05, 0) is 39.8 Å². The molecule has 18 heavy (non-hydrogen) atoms. The van der Waals surface area contributed by atoms with E-state index in [9.17, 15) is 4.79 Å². The van der Waals surface area contributed by atoms with Gasteiger partial charge in [0, 0.05) is 11.6 Å². The van der Waals surface area contributed by atoms with Crippen molar-refractivity contribution < 1.29 is 14.3 Å². The lowest BCUT2D eigenvalue weighted by Gasteiger charge is -2.20. The van der Waals surface area contributed by atoms with Crippen LogP contribution in [0.5, 0.6) is 11.5 Å². The van der Waals surface area contributed by atoms with Crippen LogP contribution < -0.4 is 14.8 Å². The first-order valence-electron chi connectivity index (χ1n) is 6.07. The fourth-order valence-corrected chi connectivity index (χ4v) is 1.42. The summed E-state index contributed by atoms with van der Waals surface area (Å²) in [6.45, 7) is 8.33. The summed E-state index contributed by atoms with van der Waals surface area (Å²) in [5, 5.41) is 2.83. The second-order valence-corrected chi connectivity index (χ2v) is 4.99. The number of carbonyl (C=O) groups is 1. The minimum atomic E-state index is -0.242. The van der Waals surface area contributed by atoms with Gasteiger partial charge in [-0.1, -0.05) is 6.07 Å². The molecule has 0 saturated carbocycles. The van der Waals surface area contributed by atoms with Crippen LogP contribution in [0.15, 0.2) is 24.3 Å². The number of hydrogen-bond donors (Lipinski definition) is 1. The maximum atomic E-state index is 11.6. The molecule has 1 amide bonds. The predicted octanol–water partition coefficient (Wildman–Crippen LogP) is 2.38. The number of ether oxygens (including phenoxy) is 2. The van der Waals surface area contributed by atoms with Crippen LogP contribution in [0, 0.1) is 0 Å². The Morgan fingerprint density at radius 2 is 1.83 bits per heavy atom. The van der Waals surface area contributed by atoms with Crippen LogP contribution in [0.1, 0.15) is 27.7 Å². The molecule has 0 saturated heterocycles. The third-order valence-electron chi connectivity index (χ3n) is 2.00. The lowest BCUT2D eigenvalue weighted by atomic mass is 10.1. The SMILES string of the molecule is CCOc1cccc(OCC(=O)NC(C)(C)C)c1. The highest BCUT2D eigenvalue weighted by Gasteiger charge is 2.13. The van der Waals surface area contributed by atoms with E-state index in [0.29, 0.717) is 12.4 Å². The largest absolute Gasteiger partial charge is 0.494 e. The van der Waals surface area contributed by atoms with Crippen molar-refractivity contribution in [3.8, 4) is 11.5 Å². The van der Waals surface area contributed by atoms with Crippen molar-refractivity contribution in [3.63, 3.8) is 0 Å². The molecular weight excluding hydrogens is 230 g/mol. The smallest absolute Gasteiger partial charge is 0.258 e. The van der Waals surface area contributed by atoms with Crippen LogP contribution in [0.2, 0.25) is 0 Å². The number of nitrogens with one attached hydrogen (secondary N) is 1. The standard InChI is InChI=1S/C14H21NO3/c1-5-17-11-7-6-8-12(9-11)18-10-13(16)15-14(2,3)4/h6-9H,5,10H2,1-4H3,(H,15,16). The average molecular weight is 251 g/mol. The fraction of sp³-hybridized carbons (Fsp3) is 0.500. The maximum absolute atomic E-state index is 11.6. The Kier molecular flexibility index (Phi) is 5.01. The quantitative estimate of drug-likeness (QED) is 0.874. The van der Waals surface area contributed by atoms with Crippen molar-refractivity contribution in [1.82, 2.24) is 5.32 Å². The molecule has 0 fully saturated rings. The molecule has 0 aliphatic heterocycles. The van der Waals surface area contributed by atoms with E-state index in [1.165, 1.54) is 0 Å². The highest BCUT2D eigenvalue weighted by Crippen LogP contribution is 2.19. The third kappa shape index (κ3) is 5.57. The summed E-state index contributed by atoms with van der Waals surface area (Å²) >= 11 is 0. The van der Waals surface area contributed by atoms with E-state index >= 15 is 0 Å². The predicted molar refractivity (Wildman–Crippen MR) is 71.0 cm³/mol.